The first-order valence-electron chi connectivity index (χ1n) is 5.25. The van der Waals surface area contributed by atoms with Crippen LogP contribution in [-0.2, 0) is 13.6 Å². The molecule has 0 bridgehead atoms. The summed E-state index contributed by atoms with van der Waals surface area (Å²) in [5.74, 6) is 0. The molecule has 2 aromatic rings. The fourth-order valence-electron chi connectivity index (χ4n) is 1.42. The third-order valence-corrected chi connectivity index (χ3v) is 3.51. The van der Waals surface area contributed by atoms with E-state index >= 15 is 0 Å². The second-order valence-corrected chi connectivity index (χ2v) is 4.62. The van der Waals surface area contributed by atoms with E-state index < -0.39 is 11.1 Å². The highest BCUT2D eigenvalue weighted by Gasteiger charge is 2.08. The maximum absolute atomic E-state index is 11.2. The molecule has 0 saturated heterocycles. The van der Waals surface area contributed by atoms with Gasteiger partial charge in [0, 0.05) is 18.5 Å². The van der Waals surface area contributed by atoms with Gasteiger partial charge in [-0.05, 0) is 23.4 Å². The van der Waals surface area contributed by atoms with Gasteiger partial charge in [-0.2, -0.15) is 4.98 Å². The molecular weight excluding hydrogens is 252 g/mol. The molecule has 0 fully saturated rings. The van der Waals surface area contributed by atoms with Gasteiger partial charge in [-0.3, -0.25) is 19.4 Å². The summed E-state index contributed by atoms with van der Waals surface area (Å²) < 4.78 is 1.42. The standard InChI is InChI=1S/C11H12N4O2S/c1-15-11(13-9(16)10(17)14-15)18-8-5-3-2-4-7(8)6-12/h2-5H,6,12H2,1H3,(H,14,17). The Labute approximate surface area is 107 Å². The molecule has 18 heavy (non-hydrogen) atoms. The zero-order valence-electron chi connectivity index (χ0n) is 9.71. The SMILES string of the molecule is Cn1[nH]c(=O)c(=O)nc1Sc1ccccc1CN. The summed E-state index contributed by atoms with van der Waals surface area (Å²) in [4.78, 5) is 27.0. The van der Waals surface area contributed by atoms with Crippen molar-refractivity contribution in [2.75, 3.05) is 0 Å². The Kier molecular flexibility index (Phi) is 3.63. The Morgan fingerprint density at radius 2 is 2.11 bits per heavy atom. The second kappa shape index (κ2) is 5.19. The minimum absolute atomic E-state index is 0.403. The third kappa shape index (κ3) is 2.52. The van der Waals surface area contributed by atoms with Gasteiger partial charge in [0.15, 0.2) is 5.16 Å². The molecule has 0 amide bonds. The highest BCUT2D eigenvalue weighted by molar-refractivity contribution is 7.99. The van der Waals surface area contributed by atoms with Gasteiger partial charge in [0.05, 0.1) is 0 Å². The summed E-state index contributed by atoms with van der Waals surface area (Å²) in [6, 6.07) is 7.58. The lowest BCUT2D eigenvalue weighted by molar-refractivity contribution is 0.596. The number of H-pyrrole nitrogens is 1. The van der Waals surface area contributed by atoms with Crippen molar-refractivity contribution < 1.29 is 0 Å². The summed E-state index contributed by atoms with van der Waals surface area (Å²) in [5.41, 5.74) is 5.08. The van der Waals surface area contributed by atoms with Crippen molar-refractivity contribution >= 4 is 11.8 Å². The second-order valence-electron chi connectivity index (χ2n) is 3.61. The Bertz CT molecular complexity index is 677. The number of rotatable bonds is 3. The van der Waals surface area contributed by atoms with E-state index in [1.54, 1.807) is 7.05 Å². The molecule has 0 unspecified atom stereocenters. The van der Waals surface area contributed by atoms with Crippen LogP contribution in [0.4, 0.5) is 0 Å². The van der Waals surface area contributed by atoms with E-state index in [9.17, 15) is 9.59 Å². The van der Waals surface area contributed by atoms with Gasteiger partial charge in [0.2, 0.25) is 0 Å². The number of hydrogen-bond acceptors (Lipinski definition) is 5. The van der Waals surface area contributed by atoms with Crippen LogP contribution < -0.4 is 16.9 Å². The van der Waals surface area contributed by atoms with E-state index in [4.69, 9.17) is 5.73 Å². The van der Waals surface area contributed by atoms with Crippen molar-refractivity contribution in [3.63, 3.8) is 0 Å². The number of hydrogen-bond donors (Lipinski definition) is 2. The molecule has 3 N–H and O–H groups in total. The molecule has 0 spiro atoms. The quantitative estimate of drug-likeness (QED) is 0.766. The first kappa shape index (κ1) is 12.6. The van der Waals surface area contributed by atoms with Crippen molar-refractivity contribution in [1.29, 1.82) is 0 Å². The molecule has 7 heteroatoms. The summed E-state index contributed by atoms with van der Waals surface area (Å²) in [5, 5.41) is 2.82. The molecule has 1 aromatic heterocycles. The molecule has 94 valence electrons. The van der Waals surface area contributed by atoms with Crippen molar-refractivity contribution in [1.82, 2.24) is 14.8 Å². The summed E-state index contributed by atoms with van der Waals surface area (Å²) in [7, 11) is 1.63. The molecule has 1 aromatic carbocycles. The lowest BCUT2D eigenvalue weighted by Gasteiger charge is -2.08. The smallest absolute Gasteiger partial charge is 0.326 e. The Hall–Kier alpha value is -1.86. The van der Waals surface area contributed by atoms with Crippen LogP contribution in [0.3, 0.4) is 0 Å². The largest absolute Gasteiger partial charge is 0.339 e. The van der Waals surface area contributed by atoms with E-state index in [0.29, 0.717) is 11.7 Å². The molecule has 0 aliphatic rings. The number of nitrogens with one attached hydrogen (secondary N) is 1. The molecule has 0 aliphatic carbocycles. The monoisotopic (exact) mass is 264 g/mol. The molecule has 2 rings (SSSR count). The van der Waals surface area contributed by atoms with Crippen molar-refractivity contribution in [2.45, 2.75) is 16.6 Å². The van der Waals surface area contributed by atoms with Gasteiger partial charge in [0.1, 0.15) is 0 Å². The minimum atomic E-state index is -0.791. The van der Waals surface area contributed by atoms with Gasteiger partial charge in [-0.1, -0.05) is 18.2 Å². The van der Waals surface area contributed by atoms with E-state index in [2.05, 4.69) is 10.1 Å². The topological polar surface area (TPSA) is 93.8 Å². The predicted octanol–water partition coefficient (Wildman–Crippen LogP) is 0.0785. The fraction of sp³-hybridized carbons (Fsp3) is 0.182. The van der Waals surface area contributed by atoms with Crippen LogP contribution in [0.25, 0.3) is 0 Å². The van der Waals surface area contributed by atoms with E-state index in [1.807, 2.05) is 24.3 Å². The van der Waals surface area contributed by atoms with Crippen molar-refractivity contribution in [3.05, 3.63) is 50.5 Å². The summed E-state index contributed by atoms with van der Waals surface area (Å²) in [6.45, 7) is 0.403. The number of aromatic nitrogens is 3. The van der Waals surface area contributed by atoms with Crippen molar-refractivity contribution in [2.24, 2.45) is 12.8 Å². The van der Waals surface area contributed by atoms with E-state index in [0.717, 1.165) is 10.5 Å². The normalized spacial score (nSPS) is 10.6. The first-order valence-corrected chi connectivity index (χ1v) is 6.06. The Balaban J connectivity index is 2.43. The molecular formula is C11H12N4O2S. The lowest BCUT2D eigenvalue weighted by atomic mass is 10.2. The molecule has 0 atom stereocenters. The van der Waals surface area contributed by atoms with E-state index in [1.165, 1.54) is 16.4 Å². The average Bonchev–Trinajstić information content (AvgIpc) is 2.36. The van der Waals surface area contributed by atoms with Crippen LogP contribution in [0, 0.1) is 0 Å². The van der Waals surface area contributed by atoms with Gasteiger partial charge >= 0.3 is 11.1 Å². The highest BCUT2D eigenvalue weighted by Crippen LogP contribution is 2.27. The van der Waals surface area contributed by atoms with Crippen LogP contribution in [0.1, 0.15) is 5.56 Å². The molecule has 0 radical (unpaired) electrons. The maximum atomic E-state index is 11.2. The van der Waals surface area contributed by atoms with Crippen LogP contribution in [0.2, 0.25) is 0 Å². The van der Waals surface area contributed by atoms with Gasteiger partial charge in [0.25, 0.3) is 0 Å². The number of aryl methyl sites for hydroxylation is 1. The Morgan fingerprint density at radius 3 is 2.83 bits per heavy atom. The number of nitrogens with zero attached hydrogens (tertiary/aromatic N) is 2. The van der Waals surface area contributed by atoms with Gasteiger partial charge in [-0.15, -0.1) is 0 Å². The zero-order chi connectivity index (χ0) is 13.1. The predicted molar refractivity (Wildman–Crippen MR) is 68.6 cm³/mol. The maximum Gasteiger partial charge on any atom is 0.339 e. The van der Waals surface area contributed by atoms with Crippen LogP contribution >= 0.6 is 11.8 Å². The summed E-state index contributed by atoms with van der Waals surface area (Å²) in [6.07, 6.45) is 0. The van der Waals surface area contributed by atoms with Crippen LogP contribution in [0.15, 0.2) is 43.9 Å². The number of nitrogens with two attached hydrogens (primary N) is 1. The molecule has 6 nitrogen and oxygen atoms in total. The first-order chi connectivity index (χ1) is 8.61. The lowest BCUT2D eigenvalue weighted by Crippen LogP contribution is -2.33. The van der Waals surface area contributed by atoms with Gasteiger partial charge < -0.3 is 5.73 Å². The minimum Gasteiger partial charge on any atom is -0.326 e. The number of benzene rings is 1. The number of aromatic amines is 1. The van der Waals surface area contributed by atoms with E-state index in [-0.39, 0.29) is 0 Å². The molecule has 0 aliphatic heterocycles. The summed E-state index contributed by atoms with van der Waals surface area (Å²) >= 11 is 1.29. The average molecular weight is 264 g/mol. The van der Waals surface area contributed by atoms with Crippen molar-refractivity contribution in [3.8, 4) is 0 Å². The zero-order valence-corrected chi connectivity index (χ0v) is 10.5. The highest BCUT2D eigenvalue weighted by atomic mass is 32.2. The molecule has 0 saturated carbocycles. The van der Waals surface area contributed by atoms with Crippen LogP contribution in [-0.4, -0.2) is 14.8 Å². The Morgan fingerprint density at radius 1 is 1.39 bits per heavy atom. The third-order valence-electron chi connectivity index (χ3n) is 2.34. The van der Waals surface area contributed by atoms with Gasteiger partial charge in [-0.25, -0.2) is 0 Å². The van der Waals surface area contributed by atoms with Crippen LogP contribution in [0.5, 0.6) is 0 Å². The molecule has 1 heterocycles. The fourth-order valence-corrected chi connectivity index (χ4v) is 2.36.